The van der Waals surface area contributed by atoms with Crippen LogP contribution in [0.5, 0.6) is 5.75 Å². The van der Waals surface area contributed by atoms with Gasteiger partial charge in [0.15, 0.2) is 17.1 Å². The number of aromatic nitrogens is 1. The van der Waals surface area contributed by atoms with Crippen LogP contribution in [0.3, 0.4) is 0 Å². The molecule has 5 nitrogen and oxygen atoms in total. The van der Waals surface area contributed by atoms with Crippen LogP contribution < -0.4 is 10.1 Å². The van der Waals surface area contributed by atoms with Crippen LogP contribution in [0.25, 0.3) is 21.9 Å². The first kappa shape index (κ1) is 14.4. The van der Waals surface area contributed by atoms with Gasteiger partial charge < -0.3 is 19.5 Å². The Morgan fingerprint density at radius 2 is 2.00 bits per heavy atom. The van der Waals surface area contributed by atoms with Crippen LogP contribution in [0.2, 0.25) is 0 Å². The number of fused-ring (bicyclic) bond motifs is 2. The van der Waals surface area contributed by atoms with Gasteiger partial charge in [-0.05, 0) is 43.3 Å². The second-order valence-corrected chi connectivity index (χ2v) is 5.70. The maximum Gasteiger partial charge on any atom is 0.291 e. The summed E-state index contributed by atoms with van der Waals surface area (Å²) in [6.07, 6.45) is 0. The molecular formula is C19H16N2O3. The zero-order valence-corrected chi connectivity index (χ0v) is 13.3. The molecule has 0 aliphatic carbocycles. The molecule has 4 rings (SSSR count). The molecule has 0 fully saturated rings. The van der Waals surface area contributed by atoms with Crippen LogP contribution >= 0.6 is 0 Å². The Hall–Kier alpha value is -3.21. The predicted octanol–water partition coefficient (Wildman–Crippen LogP) is 4.48. The van der Waals surface area contributed by atoms with Crippen molar-refractivity contribution in [3.05, 3.63) is 60.0 Å². The Bertz CT molecular complexity index is 1060. The number of aryl methyl sites for hydroxylation is 1. The number of para-hydroxylation sites is 1. The number of benzene rings is 2. The summed E-state index contributed by atoms with van der Waals surface area (Å²) in [4.78, 5) is 15.7. The summed E-state index contributed by atoms with van der Waals surface area (Å²) in [7, 11) is 1.57. The number of aromatic amines is 1. The van der Waals surface area contributed by atoms with E-state index >= 15 is 0 Å². The molecule has 2 aromatic heterocycles. The maximum atomic E-state index is 12.5. The lowest BCUT2D eigenvalue weighted by Gasteiger charge is -2.03. The Balaban J connectivity index is 1.65. The first-order chi connectivity index (χ1) is 11.6. The van der Waals surface area contributed by atoms with Gasteiger partial charge in [-0.1, -0.05) is 12.1 Å². The summed E-state index contributed by atoms with van der Waals surface area (Å²) < 4.78 is 10.9. The fourth-order valence-electron chi connectivity index (χ4n) is 2.86. The highest BCUT2D eigenvalue weighted by Crippen LogP contribution is 2.29. The average Bonchev–Trinajstić information content (AvgIpc) is 3.16. The zero-order valence-electron chi connectivity index (χ0n) is 13.3. The molecule has 0 radical (unpaired) electrons. The van der Waals surface area contributed by atoms with Crippen LogP contribution in [-0.4, -0.2) is 18.0 Å². The highest BCUT2D eigenvalue weighted by Gasteiger charge is 2.15. The number of anilines is 1. The molecule has 0 saturated heterocycles. The number of rotatable bonds is 3. The van der Waals surface area contributed by atoms with Gasteiger partial charge in [-0.2, -0.15) is 0 Å². The number of H-pyrrole nitrogens is 1. The van der Waals surface area contributed by atoms with Crippen molar-refractivity contribution >= 4 is 33.5 Å². The van der Waals surface area contributed by atoms with Crippen LogP contribution in [0.15, 0.2) is 52.9 Å². The molecule has 120 valence electrons. The van der Waals surface area contributed by atoms with E-state index in [1.165, 1.54) is 0 Å². The molecule has 0 unspecified atom stereocenters. The van der Waals surface area contributed by atoms with E-state index in [1.807, 2.05) is 43.3 Å². The van der Waals surface area contributed by atoms with Crippen molar-refractivity contribution in [1.29, 1.82) is 0 Å². The second-order valence-electron chi connectivity index (χ2n) is 5.70. The van der Waals surface area contributed by atoms with E-state index in [0.29, 0.717) is 11.3 Å². The Labute approximate surface area is 138 Å². The van der Waals surface area contributed by atoms with Crippen molar-refractivity contribution < 1.29 is 13.9 Å². The number of ether oxygens (including phenoxy) is 1. The summed E-state index contributed by atoms with van der Waals surface area (Å²) in [5, 5.41) is 4.75. The molecule has 0 bridgehead atoms. The minimum atomic E-state index is -0.292. The Morgan fingerprint density at radius 3 is 2.83 bits per heavy atom. The number of carbonyl (C=O) groups is 1. The molecule has 0 spiro atoms. The van der Waals surface area contributed by atoms with E-state index in [2.05, 4.69) is 10.3 Å². The van der Waals surface area contributed by atoms with Crippen LogP contribution in [0.1, 0.15) is 16.2 Å². The van der Waals surface area contributed by atoms with Crippen molar-refractivity contribution in [2.24, 2.45) is 0 Å². The number of methoxy groups -OCH3 is 1. The third-order valence-corrected chi connectivity index (χ3v) is 3.96. The zero-order chi connectivity index (χ0) is 16.7. The second kappa shape index (κ2) is 5.45. The molecule has 0 aliphatic rings. The van der Waals surface area contributed by atoms with Gasteiger partial charge in [0, 0.05) is 27.7 Å². The standard InChI is InChI=1S/C19H16N2O3/c1-11-8-13-9-14(6-7-15(13)20-11)21-19(22)17-10-12-4-3-5-16(23-2)18(12)24-17/h3-10,20H,1-2H3,(H,21,22). The molecular weight excluding hydrogens is 304 g/mol. The van der Waals surface area contributed by atoms with Crippen LogP contribution in [-0.2, 0) is 0 Å². The molecule has 2 heterocycles. The van der Waals surface area contributed by atoms with E-state index in [0.717, 1.165) is 27.7 Å². The third-order valence-electron chi connectivity index (χ3n) is 3.96. The first-order valence-electron chi connectivity index (χ1n) is 7.61. The molecule has 4 aromatic rings. The molecule has 0 atom stereocenters. The van der Waals surface area contributed by atoms with Gasteiger partial charge in [-0.15, -0.1) is 0 Å². The van der Waals surface area contributed by atoms with Crippen molar-refractivity contribution in [1.82, 2.24) is 4.98 Å². The van der Waals surface area contributed by atoms with E-state index in [9.17, 15) is 4.79 Å². The SMILES string of the molecule is COc1cccc2cc(C(=O)Nc3ccc4[nH]c(C)cc4c3)oc12. The summed E-state index contributed by atoms with van der Waals surface area (Å²) in [6.45, 7) is 2.00. The first-order valence-corrected chi connectivity index (χ1v) is 7.61. The van der Waals surface area contributed by atoms with Crippen molar-refractivity contribution in [3.63, 3.8) is 0 Å². The van der Waals surface area contributed by atoms with Crippen LogP contribution in [0, 0.1) is 6.92 Å². The summed E-state index contributed by atoms with van der Waals surface area (Å²) in [5.74, 6) is 0.565. The van der Waals surface area contributed by atoms with Gasteiger partial charge in [0.2, 0.25) is 0 Å². The van der Waals surface area contributed by atoms with Gasteiger partial charge in [-0.3, -0.25) is 4.79 Å². The number of carbonyl (C=O) groups excluding carboxylic acids is 1. The summed E-state index contributed by atoms with van der Waals surface area (Å²) in [5.41, 5.74) is 3.41. The van der Waals surface area contributed by atoms with Gasteiger partial charge in [0.05, 0.1) is 7.11 Å². The summed E-state index contributed by atoms with van der Waals surface area (Å²) in [6, 6.07) is 15.0. The van der Waals surface area contributed by atoms with E-state index in [4.69, 9.17) is 9.15 Å². The fraction of sp³-hybridized carbons (Fsp3) is 0.105. The number of hydrogen-bond acceptors (Lipinski definition) is 3. The summed E-state index contributed by atoms with van der Waals surface area (Å²) >= 11 is 0. The minimum absolute atomic E-state index is 0.250. The molecule has 0 saturated carbocycles. The number of furan rings is 1. The van der Waals surface area contributed by atoms with E-state index < -0.39 is 0 Å². The lowest BCUT2D eigenvalue weighted by molar-refractivity contribution is 0.0998. The van der Waals surface area contributed by atoms with Crippen molar-refractivity contribution in [2.45, 2.75) is 6.92 Å². The highest BCUT2D eigenvalue weighted by molar-refractivity contribution is 6.05. The van der Waals surface area contributed by atoms with Gasteiger partial charge in [0.1, 0.15) is 0 Å². The van der Waals surface area contributed by atoms with Crippen molar-refractivity contribution in [2.75, 3.05) is 12.4 Å². The molecule has 24 heavy (non-hydrogen) atoms. The van der Waals surface area contributed by atoms with Gasteiger partial charge in [-0.25, -0.2) is 0 Å². The Kier molecular flexibility index (Phi) is 3.27. The lowest BCUT2D eigenvalue weighted by Crippen LogP contribution is -2.10. The molecule has 2 aromatic carbocycles. The van der Waals surface area contributed by atoms with Crippen molar-refractivity contribution in [3.8, 4) is 5.75 Å². The van der Waals surface area contributed by atoms with E-state index in [-0.39, 0.29) is 11.7 Å². The van der Waals surface area contributed by atoms with E-state index in [1.54, 1.807) is 19.2 Å². The quantitative estimate of drug-likeness (QED) is 0.584. The lowest BCUT2D eigenvalue weighted by atomic mass is 10.2. The molecule has 5 heteroatoms. The van der Waals surface area contributed by atoms with Gasteiger partial charge in [0.25, 0.3) is 5.91 Å². The molecule has 2 N–H and O–H groups in total. The van der Waals surface area contributed by atoms with Crippen LogP contribution in [0.4, 0.5) is 5.69 Å². The monoisotopic (exact) mass is 320 g/mol. The molecule has 0 aliphatic heterocycles. The predicted molar refractivity (Wildman–Crippen MR) is 93.8 cm³/mol. The van der Waals surface area contributed by atoms with Gasteiger partial charge >= 0.3 is 0 Å². The average molecular weight is 320 g/mol. The third kappa shape index (κ3) is 2.40. The number of nitrogens with one attached hydrogen (secondary N) is 2. The Morgan fingerprint density at radius 1 is 1.12 bits per heavy atom. The topological polar surface area (TPSA) is 67.3 Å². The number of amides is 1. The normalized spacial score (nSPS) is 11.1. The molecule has 1 amide bonds. The number of hydrogen-bond donors (Lipinski definition) is 2. The highest BCUT2D eigenvalue weighted by atomic mass is 16.5. The minimum Gasteiger partial charge on any atom is -0.493 e. The maximum absolute atomic E-state index is 12.5. The largest absolute Gasteiger partial charge is 0.493 e. The smallest absolute Gasteiger partial charge is 0.291 e. The fourth-order valence-corrected chi connectivity index (χ4v) is 2.86.